The molecule has 0 nitrogen and oxygen atoms in total. The fourth-order valence-electron chi connectivity index (χ4n) is 2.52. The topological polar surface area (TPSA) is 0 Å². The Hall–Kier alpha value is -0.866. The van der Waals surface area contributed by atoms with Gasteiger partial charge in [0, 0.05) is 0 Å². The van der Waals surface area contributed by atoms with Gasteiger partial charge in [-0.15, -0.1) is 0 Å². The quantitative estimate of drug-likeness (QED) is 0.718. The summed E-state index contributed by atoms with van der Waals surface area (Å²) in [6.45, 7) is 12.3. The highest BCUT2D eigenvalue weighted by Crippen LogP contribution is 2.34. The Morgan fingerprint density at radius 2 is 1.50 bits per heavy atom. The summed E-state index contributed by atoms with van der Waals surface area (Å²) >= 11 is 0. The SMILES string of the molecule is C[Si](C)(C)C1=CC([Si](C)(C)c2ccccc2)C=C1. The van der Waals surface area contributed by atoms with Gasteiger partial charge in [-0.1, -0.05) is 91.7 Å². The van der Waals surface area contributed by atoms with Gasteiger partial charge in [0.25, 0.3) is 0 Å². The van der Waals surface area contributed by atoms with Crippen LogP contribution in [0.4, 0.5) is 0 Å². The average molecular weight is 273 g/mol. The molecule has 18 heavy (non-hydrogen) atoms. The van der Waals surface area contributed by atoms with Crippen LogP contribution in [0, 0.1) is 0 Å². The van der Waals surface area contributed by atoms with Crippen LogP contribution in [0.25, 0.3) is 0 Å². The Bertz CT molecular complexity index is 476. The van der Waals surface area contributed by atoms with Gasteiger partial charge in [0.1, 0.15) is 0 Å². The van der Waals surface area contributed by atoms with E-state index in [1.54, 1.807) is 10.4 Å². The van der Waals surface area contributed by atoms with Crippen molar-refractivity contribution in [1.82, 2.24) is 0 Å². The standard InChI is InChI=1S/C16H24Si2/c1-17(2,3)15-11-12-16(13-15)18(4,5)14-9-7-6-8-10-14/h6-13,16H,1-5H3. The van der Waals surface area contributed by atoms with Crippen molar-refractivity contribution < 1.29 is 0 Å². The summed E-state index contributed by atoms with van der Waals surface area (Å²) in [5.41, 5.74) is 0.668. The normalized spacial score (nSPS) is 20.1. The average Bonchev–Trinajstić information content (AvgIpc) is 2.79. The summed E-state index contributed by atoms with van der Waals surface area (Å²) in [6.07, 6.45) is 7.41. The van der Waals surface area contributed by atoms with E-state index in [0.717, 1.165) is 0 Å². The van der Waals surface area contributed by atoms with E-state index in [-0.39, 0.29) is 0 Å². The Morgan fingerprint density at radius 3 is 2.00 bits per heavy atom. The molecule has 96 valence electrons. The number of rotatable bonds is 3. The number of hydrogen-bond acceptors (Lipinski definition) is 0. The molecule has 0 radical (unpaired) electrons. The van der Waals surface area contributed by atoms with Gasteiger partial charge in [0.2, 0.25) is 0 Å². The van der Waals surface area contributed by atoms with E-state index < -0.39 is 16.1 Å². The Labute approximate surface area is 113 Å². The smallest absolute Gasteiger partial charge is 0.0807 e. The van der Waals surface area contributed by atoms with Gasteiger partial charge in [-0.2, -0.15) is 0 Å². The zero-order valence-electron chi connectivity index (χ0n) is 12.2. The molecule has 0 aromatic heterocycles. The summed E-state index contributed by atoms with van der Waals surface area (Å²) in [6, 6.07) is 11.1. The maximum Gasteiger partial charge on any atom is 0.0911 e. The Kier molecular flexibility index (Phi) is 3.52. The van der Waals surface area contributed by atoms with Crippen molar-refractivity contribution in [3.8, 4) is 0 Å². The minimum atomic E-state index is -1.41. The van der Waals surface area contributed by atoms with Crippen LogP contribution in [0.2, 0.25) is 38.3 Å². The van der Waals surface area contributed by atoms with Crippen molar-refractivity contribution in [3.05, 3.63) is 53.8 Å². The lowest BCUT2D eigenvalue weighted by Crippen LogP contribution is -2.44. The van der Waals surface area contributed by atoms with Gasteiger partial charge in [-0.25, -0.2) is 0 Å². The highest BCUT2D eigenvalue weighted by atomic mass is 28.3. The minimum Gasteiger partial charge on any atom is -0.0807 e. The van der Waals surface area contributed by atoms with Crippen LogP contribution in [0.3, 0.4) is 0 Å². The second-order valence-electron chi connectivity index (χ2n) is 6.84. The second-order valence-corrected chi connectivity index (χ2v) is 16.6. The lowest BCUT2D eigenvalue weighted by Gasteiger charge is -2.28. The van der Waals surface area contributed by atoms with Gasteiger partial charge in [0.05, 0.1) is 16.1 Å². The van der Waals surface area contributed by atoms with E-state index in [2.05, 4.69) is 81.3 Å². The Balaban J connectivity index is 2.30. The molecule has 0 saturated heterocycles. The summed E-state index contributed by atoms with van der Waals surface area (Å²) < 4.78 is 0. The molecule has 0 N–H and O–H groups in total. The molecule has 0 heterocycles. The van der Waals surface area contributed by atoms with Crippen LogP contribution in [-0.4, -0.2) is 16.1 Å². The van der Waals surface area contributed by atoms with E-state index >= 15 is 0 Å². The van der Waals surface area contributed by atoms with Crippen molar-refractivity contribution >= 4 is 21.3 Å². The molecular weight excluding hydrogens is 248 g/mol. The molecule has 0 bridgehead atoms. The van der Waals surface area contributed by atoms with E-state index in [0.29, 0.717) is 5.54 Å². The fraction of sp³-hybridized carbons (Fsp3) is 0.375. The zero-order chi connectivity index (χ0) is 13.4. The molecule has 0 saturated carbocycles. The molecule has 1 aliphatic rings. The largest absolute Gasteiger partial charge is 0.0911 e. The third-order valence-corrected chi connectivity index (χ3v) is 9.97. The van der Waals surface area contributed by atoms with Crippen LogP contribution in [-0.2, 0) is 0 Å². The monoisotopic (exact) mass is 272 g/mol. The minimum absolute atomic E-state index is 0.668. The highest BCUT2D eigenvalue weighted by Gasteiger charge is 2.34. The summed E-state index contributed by atoms with van der Waals surface area (Å²) in [4.78, 5) is 0. The molecule has 0 amide bonds. The molecule has 0 fully saturated rings. The van der Waals surface area contributed by atoms with Crippen molar-refractivity contribution in [3.63, 3.8) is 0 Å². The first-order chi connectivity index (χ1) is 8.32. The Morgan fingerprint density at radius 1 is 0.889 bits per heavy atom. The lowest BCUT2D eigenvalue weighted by atomic mass is 10.4. The van der Waals surface area contributed by atoms with Gasteiger partial charge < -0.3 is 0 Å². The fourth-order valence-corrected chi connectivity index (χ4v) is 6.57. The first-order valence-corrected chi connectivity index (χ1v) is 13.4. The van der Waals surface area contributed by atoms with Crippen molar-refractivity contribution in [2.24, 2.45) is 0 Å². The van der Waals surface area contributed by atoms with E-state index in [9.17, 15) is 0 Å². The summed E-state index contributed by atoms with van der Waals surface area (Å²) in [5.74, 6) is 0. The first kappa shape index (κ1) is 13.6. The number of allylic oxidation sites excluding steroid dienone is 4. The molecule has 0 aliphatic heterocycles. The van der Waals surface area contributed by atoms with Crippen LogP contribution in [0.15, 0.2) is 53.8 Å². The molecule has 0 spiro atoms. The number of benzene rings is 1. The zero-order valence-corrected chi connectivity index (χ0v) is 14.2. The highest BCUT2D eigenvalue weighted by molar-refractivity contribution is 6.92. The van der Waals surface area contributed by atoms with Gasteiger partial charge in [-0.3, -0.25) is 0 Å². The summed E-state index contributed by atoms with van der Waals surface area (Å²) in [7, 11) is -2.56. The molecular formula is C16H24Si2. The molecule has 1 aromatic rings. The predicted molar refractivity (Wildman–Crippen MR) is 87.9 cm³/mol. The second kappa shape index (κ2) is 4.67. The van der Waals surface area contributed by atoms with Crippen LogP contribution in [0.5, 0.6) is 0 Å². The van der Waals surface area contributed by atoms with Gasteiger partial charge >= 0.3 is 0 Å². The van der Waals surface area contributed by atoms with Gasteiger partial charge in [0.15, 0.2) is 0 Å². The molecule has 1 aromatic carbocycles. The molecule has 1 aliphatic carbocycles. The van der Waals surface area contributed by atoms with E-state index in [1.807, 2.05) is 0 Å². The molecule has 1 unspecified atom stereocenters. The van der Waals surface area contributed by atoms with Crippen LogP contribution in [0.1, 0.15) is 0 Å². The maximum absolute atomic E-state index is 2.56. The third-order valence-electron chi connectivity index (χ3n) is 4.06. The maximum atomic E-state index is 2.56. The predicted octanol–water partition coefficient (Wildman–Crippen LogP) is 4.35. The first-order valence-electron chi connectivity index (χ1n) is 6.78. The van der Waals surface area contributed by atoms with E-state index in [1.165, 1.54) is 0 Å². The van der Waals surface area contributed by atoms with Crippen molar-refractivity contribution in [2.45, 2.75) is 38.3 Å². The lowest BCUT2D eigenvalue weighted by molar-refractivity contribution is 1.31. The molecule has 2 heteroatoms. The third kappa shape index (κ3) is 2.59. The van der Waals surface area contributed by atoms with Crippen molar-refractivity contribution in [2.75, 3.05) is 0 Å². The van der Waals surface area contributed by atoms with E-state index in [4.69, 9.17) is 0 Å². The molecule has 1 atom stereocenters. The van der Waals surface area contributed by atoms with Crippen molar-refractivity contribution in [1.29, 1.82) is 0 Å². The van der Waals surface area contributed by atoms with Crippen LogP contribution >= 0.6 is 0 Å². The van der Waals surface area contributed by atoms with Gasteiger partial charge in [-0.05, 0) is 5.54 Å². The number of hydrogen-bond donors (Lipinski definition) is 0. The van der Waals surface area contributed by atoms with Crippen LogP contribution < -0.4 is 5.19 Å². The summed E-state index contributed by atoms with van der Waals surface area (Å²) in [5, 5.41) is 3.19. The molecule has 2 rings (SSSR count).